The van der Waals surface area contributed by atoms with Crippen molar-refractivity contribution in [2.24, 2.45) is 0 Å². The first-order valence-electron chi connectivity index (χ1n) is 8.94. The Kier molecular flexibility index (Phi) is 6.12. The van der Waals surface area contributed by atoms with E-state index in [1.807, 2.05) is 0 Å². The predicted molar refractivity (Wildman–Crippen MR) is 103 cm³/mol. The van der Waals surface area contributed by atoms with E-state index in [0.717, 1.165) is 0 Å². The number of phosphoric acid groups is 3. The molecule has 3 unspecified atom stereocenters. The highest BCUT2D eigenvalue weighted by Crippen LogP contribution is 2.69. The van der Waals surface area contributed by atoms with Gasteiger partial charge in [0.15, 0.2) is 11.4 Å². The van der Waals surface area contributed by atoms with Crippen LogP contribution in [0.5, 0.6) is 0 Å². The minimum atomic E-state index is -5.71. The molecule has 0 aromatic carbocycles. The fourth-order valence-electron chi connectivity index (χ4n) is 3.58. The van der Waals surface area contributed by atoms with Crippen LogP contribution in [-0.2, 0) is 31.6 Å². The molecule has 0 bridgehead atoms. The van der Waals surface area contributed by atoms with Gasteiger partial charge < -0.3 is 44.3 Å². The number of anilines is 1. The first-order chi connectivity index (χ1) is 15.2. The Morgan fingerprint density at radius 3 is 2.45 bits per heavy atom. The maximum Gasteiger partial charge on any atom is 0.490 e. The maximum atomic E-state index is 12.1. The van der Waals surface area contributed by atoms with Crippen molar-refractivity contribution in [3.05, 3.63) is 18.2 Å². The molecule has 4 rings (SSSR count). The third-order valence-corrected chi connectivity index (χ3v) is 8.82. The van der Waals surface area contributed by atoms with Crippen molar-refractivity contribution in [1.29, 1.82) is 0 Å². The van der Waals surface area contributed by atoms with Crippen LogP contribution in [0.4, 0.5) is 5.82 Å². The van der Waals surface area contributed by atoms with E-state index in [2.05, 4.69) is 23.9 Å². The Balaban J connectivity index is 1.51. The smallest absolute Gasteiger partial charge is 0.458 e. The molecule has 2 aliphatic rings. The summed E-state index contributed by atoms with van der Waals surface area (Å²) in [5.74, 6) is 0.353. The van der Waals surface area contributed by atoms with Gasteiger partial charge in [-0.3, -0.25) is 4.52 Å². The van der Waals surface area contributed by atoms with Crippen molar-refractivity contribution in [1.82, 2.24) is 9.97 Å². The van der Waals surface area contributed by atoms with Gasteiger partial charge in [0.1, 0.15) is 41.9 Å². The van der Waals surface area contributed by atoms with Crippen molar-refractivity contribution in [2.45, 2.75) is 36.4 Å². The number of furan rings is 1. The number of nitrogens with zero attached hydrogens (tertiary/aromatic N) is 2. The predicted octanol–water partition coefficient (Wildman–Crippen LogP) is -0.0880. The quantitative estimate of drug-likeness (QED) is 0.219. The van der Waals surface area contributed by atoms with Crippen molar-refractivity contribution < 1.29 is 65.8 Å². The minimum absolute atomic E-state index is 0.239. The number of phosphoric ester groups is 1. The number of ether oxygens (including phenoxy) is 1. The Labute approximate surface area is 183 Å². The molecule has 3 heterocycles. The van der Waals surface area contributed by atoms with E-state index in [9.17, 15) is 33.7 Å². The van der Waals surface area contributed by atoms with Crippen LogP contribution in [0.15, 0.2) is 17.0 Å². The van der Waals surface area contributed by atoms with Crippen LogP contribution in [0.3, 0.4) is 0 Å². The molecule has 2 fully saturated rings. The van der Waals surface area contributed by atoms with E-state index < -0.39 is 53.5 Å². The summed E-state index contributed by atoms with van der Waals surface area (Å²) in [6.07, 6.45) is -3.55. The summed E-state index contributed by atoms with van der Waals surface area (Å²) in [7, 11) is -15.1. The molecule has 0 radical (unpaired) electrons. The average molecular weight is 533 g/mol. The summed E-state index contributed by atoms with van der Waals surface area (Å²) in [6.45, 7) is 0. The van der Waals surface area contributed by atoms with E-state index in [1.165, 1.54) is 12.6 Å². The van der Waals surface area contributed by atoms with Crippen molar-refractivity contribution in [3.63, 3.8) is 0 Å². The average Bonchev–Trinajstić information content (AvgIpc) is 3.05. The van der Waals surface area contributed by atoms with E-state index in [0.29, 0.717) is 5.82 Å². The van der Waals surface area contributed by atoms with Gasteiger partial charge in [0.2, 0.25) is 0 Å². The Bertz CT molecular complexity index is 1220. The SMILES string of the molecule is CNc1ncnc2c([C@@H]3OC4(C[C@@H]4OP(=O)(O)OP(=O)(O)OP(=O)(O)O)[C@@H](O)[C@H]3O)coc12. The molecular formula is C13H18N3O14P3. The van der Waals surface area contributed by atoms with Crippen LogP contribution >= 0.6 is 23.5 Å². The lowest BCUT2D eigenvalue weighted by atomic mass is 10.0. The molecule has 1 saturated carbocycles. The van der Waals surface area contributed by atoms with Crippen molar-refractivity contribution >= 4 is 40.4 Å². The van der Waals surface area contributed by atoms with Crippen molar-refractivity contribution in [2.75, 3.05) is 12.4 Å². The van der Waals surface area contributed by atoms with E-state index in [-0.39, 0.29) is 23.1 Å². The molecule has 184 valence electrons. The zero-order valence-electron chi connectivity index (χ0n) is 16.4. The van der Waals surface area contributed by atoms with Gasteiger partial charge >= 0.3 is 23.5 Å². The van der Waals surface area contributed by atoms with Crippen LogP contribution in [0.25, 0.3) is 11.1 Å². The van der Waals surface area contributed by atoms with E-state index in [1.54, 1.807) is 7.05 Å². The number of aromatic nitrogens is 2. The fraction of sp³-hybridized carbons (Fsp3) is 0.538. The largest absolute Gasteiger partial charge is 0.490 e. The van der Waals surface area contributed by atoms with Crippen LogP contribution in [0, 0.1) is 0 Å². The van der Waals surface area contributed by atoms with Gasteiger partial charge in [-0.15, -0.1) is 0 Å². The lowest BCUT2D eigenvalue weighted by Crippen LogP contribution is -2.34. The summed E-state index contributed by atoms with van der Waals surface area (Å²) in [6, 6.07) is 0. The lowest BCUT2D eigenvalue weighted by molar-refractivity contribution is -0.0369. The van der Waals surface area contributed by atoms with Gasteiger partial charge in [-0.05, 0) is 0 Å². The zero-order chi connectivity index (χ0) is 24.4. The number of aliphatic hydroxyl groups is 2. The number of nitrogens with one attached hydrogen (secondary N) is 1. The highest BCUT2D eigenvalue weighted by atomic mass is 31.3. The summed E-state index contributed by atoms with van der Waals surface area (Å²) in [4.78, 5) is 44.1. The van der Waals surface area contributed by atoms with Gasteiger partial charge in [0, 0.05) is 19.0 Å². The van der Waals surface area contributed by atoms with Crippen LogP contribution in [-0.4, -0.2) is 70.7 Å². The van der Waals surface area contributed by atoms with Gasteiger partial charge in [-0.2, -0.15) is 8.62 Å². The number of rotatable bonds is 8. The molecular weight excluding hydrogens is 515 g/mol. The molecule has 20 heteroatoms. The number of hydrogen-bond donors (Lipinski definition) is 7. The van der Waals surface area contributed by atoms with Gasteiger partial charge in [0.05, 0.1) is 6.26 Å². The summed E-state index contributed by atoms with van der Waals surface area (Å²) in [5, 5.41) is 23.8. The number of fused-ring (bicyclic) bond motifs is 1. The minimum Gasteiger partial charge on any atom is -0.458 e. The van der Waals surface area contributed by atoms with E-state index >= 15 is 0 Å². The number of hydrogen-bond acceptors (Lipinski definition) is 13. The summed E-state index contributed by atoms with van der Waals surface area (Å²) >= 11 is 0. The van der Waals surface area contributed by atoms with Crippen molar-refractivity contribution in [3.8, 4) is 0 Å². The summed E-state index contributed by atoms with van der Waals surface area (Å²) < 4.78 is 57.4. The Morgan fingerprint density at radius 1 is 1.12 bits per heavy atom. The maximum absolute atomic E-state index is 12.1. The third kappa shape index (κ3) is 4.79. The third-order valence-electron chi connectivity index (χ3n) is 4.97. The molecule has 1 spiro atoms. The Morgan fingerprint density at radius 2 is 1.82 bits per heavy atom. The van der Waals surface area contributed by atoms with Gasteiger partial charge in [-0.1, -0.05) is 0 Å². The molecule has 33 heavy (non-hydrogen) atoms. The first-order valence-corrected chi connectivity index (χ1v) is 13.5. The number of aliphatic hydroxyl groups excluding tert-OH is 2. The molecule has 7 atom stereocenters. The van der Waals surface area contributed by atoms with Crippen LogP contribution < -0.4 is 5.32 Å². The normalized spacial score (nSPS) is 33.2. The molecule has 1 saturated heterocycles. The molecule has 1 aliphatic carbocycles. The van der Waals surface area contributed by atoms with Gasteiger partial charge in [0.25, 0.3) is 0 Å². The molecule has 17 nitrogen and oxygen atoms in total. The molecule has 0 amide bonds. The van der Waals surface area contributed by atoms with Crippen LogP contribution in [0.1, 0.15) is 18.1 Å². The summed E-state index contributed by atoms with van der Waals surface area (Å²) in [5.41, 5.74) is -0.927. The Hall–Kier alpha value is -1.29. The fourth-order valence-corrected chi connectivity index (χ4v) is 6.81. The molecule has 7 N–H and O–H groups in total. The van der Waals surface area contributed by atoms with Crippen LogP contribution in [0.2, 0.25) is 0 Å². The van der Waals surface area contributed by atoms with E-state index in [4.69, 9.17) is 23.5 Å². The second-order valence-electron chi connectivity index (χ2n) is 7.16. The monoisotopic (exact) mass is 533 g/mol. The highest BCUT2D eigenvalue weighted by molar-refractivity contribution is 7.66. The zero-order valence-corrected chi connectivity index (χ0v) is 19.0. The first kappa shape index (κ1) is 24.8. The molecule has 2 aromatic heterocycles. The molecule has 1 aliphatic heterocycles. The van der Waals surface area contributed by atoms with Gasteiger partial charge in [-0.25, -0.2) is 23.7 Å². The highest BCUT2D eigenvalue weighted by Gasteiger charge is 2.71. The molecule has 2 aromatic rings. The second-order valence-corrected chi connectivity index (χ2v) is 11.5. The topological polar surface area (TPSA) is 260 Å². The standard InChI is InChI=1S/C13H18N3O14P3/c1-14-12-10-7(15-4-16-12)5(3-26-10)9-8(17)11(18)13(27-9)2-6(13)28-32(22,23)30-33(24,25)29-31(19,20)21/h3-4,6,8-9,11,17-18H,2H2,1H3,(H,22,23)(H,24,25)(H,14,15,16)(H2,19,20,21)/t6-,8-,9-,11-,13?/m0/s1. The lowest BCUT2D eigenvalue weighted by Gasteiger charge is -2.18. The second kappa shape index (κ2) is 8.14.